The summed E-state index contributed by atoms with van der Waals surface area (Å²) >= 11 is 3.20. The molecule has 0 N–H and O–H groups in total. The van der Waals surface area contributed by atoms with Crippen LogP contribution in [-0.2, 0) is 6.42 Å². The van der Waals surface area contributed by atoms with Crippen molar-refractivity contribution in [1.29, 1.82) is 0 Å². The number of carbonyl (C=O) groups is 1. The van der Waals surface area contributed by atoms with Crippen molar-refractivity contribution in [2.75, 3.05) is 0 Å². The average Bonchev–Trinajstić information content (AvgIpc) is 2.36. The number of Topliss-reactive ketones (excluding diaryl/α,β-unsaturated/α-hetero) is 1. The van der Waals surface area contributed by atoms with Crippen molar-refractivity contribution in [3.63, 3.8) is 0 Å². The average molecular weight is 325 g/mol. The largest absolute Gasteiger partial charge is 0.294 e. The van der Waals surface area contributed by atoms with Crippen molar-refractivity contribution in [2.45, 2.75) is 13.3 Å². The van der Waals surface area contributed by atoms with Crippen molar-refractivity contribution >= 4 is 21.7 Å². The number of hydrogen-bond donors (Lipinski definition) is 0. The van der Waals surface area contributed by atoms with Gasteiger partial charge in [-0.05, 0) is 48.4 Å². The van der Waals surface area contributed by atoms with E-state index in [-0.39, 0.29) is 17.8 Å². The molecule has 0 aliphatic heterocycles. The molecule has 0 amide bonds. The van der Waals surface area contributed by atoms with Gasteiger partial charge in [0.15, 0.2) is 5.78 Å². The highest BCUT2D eigenvalue weighted by Crippen LogP contribution is 2.19. The van der Waals surface area contributed by atoms with Crippen LogP contribution in [0.25, 0.3) is 0 Å². The molecule has 0 heterocycles. The Balaban J connectivity index is 2.30. The van der Waals surface area contributed by atoms with Crippen molar-refractivity contribution in [2.24, 2.45) is 0 Å². The van der Waals surface area contributed by atoms with Crippen LogP contribution in [0.1, 0.15) is 21.5 Å². The standard InChI is InChI=1S/C15H11BrF2O/c1-9-2-4-12(17)6-10(9)7-15(19)13-8-11(16)3-5-14(13)18/h2-6,8H,7H2,1H3. The summed E-state index contributed by atoms with van der Waals surface area (Å²) in [6.07, 6.45) is -0.0169. The Morgan fingerprint density at radius 2 is 1.89 bits per heavy atom. The smallest absolute Gasteiger partial charge is 0.170 e. The topological polar surface area (TPSA) is 17.1 Å². The lowest BCUT2D eigenvalue weighted by molar-refractivity contribution is 0.0989. The lowest BCUT2D eigenvalue weighted by atomic mass is 9.99. The number of hydrogen-bond acceptors (Lipinski definition) is 1. The Morgan fingerprint density at radius 1 is 1.16 bits per heavy atom. The van der Waals surface area contributed by atoms with E-state index in [1.165, 1.54) is 30.3 Å². The zero-order chi connectivity index (χ0) is 14.0. The van der Waals surface area contributed by atoms with Crippen LogP contribution in [-0.4, -0.2) is 5.78 Å². The summed E-state index contributed by atoms with van der Waals surface area (Å²) in [4.78, 5) is 12.1. The van der Waals surface area contributed by atoms with Crippen molar-refractivity contribution in [3.05, 3.63) is 69.2 Å². The van der Waals surface area contributed by atoms with E-state index in [0.29, 0.717) is 10.0 Å². The fraction of sp³-hybridized carbons (Fsp3) is 0.133. The summed E-state index contributed by atoms with van der Waals surface area (Å²) in [6.45, 7) is 1.79. The maximum Gasteiger partial charge on any atom is 0.170 e. The lowest BCUT2D eigenvalue weighted by Crippen LogP contribution is -2.07. The number of aryl methyl sites for hydroxylation is 1. The molecule has 0 aliphatic carbocycles. The summed E-state index contributed by atoms with van der Waals surface area (Å²) < 4.78 is 27.4. The SMILES string of the molecule is Cc1ccc(F)cc1CC(=O)c1cc(Br)ccc1F. The van der Waals surface area contributed by atoms with Crippen molar-refractivity contribution < 1.29 is 13.6 Å². The minimum atomic E-state index is -0.567. The van der Waals surface area contributed by atoms with Crippen LogP contribution in [0.5, 0.6) is 0 Å². The third-order valence-electron chi connectivity index (χ3n) is 2.89. The molecule has 0 radical (unpaired) electrons. The molecule has 0 fully saturated rings. The molecule has 2 rings (SSSR count). The van der Waals surface area contributed by atoms with Gasteiger partial charge in [-0.3, -0.25) is 4.79 Å². The van der Waals surface area contributed by atoms with Gasteiger partial charge in [0, 0.05) is 10.9 Å². The van der Waals surface area contributed by atoms with Gasteiger partial charge in [-0.2, -0.15) is 0 Å². The van der Waals surface area contributed by atoms with Crippen LogP contribution in [0, 0.1) is 18.6 Å². The summed E-state index contributed by atoms with van der Waals surface area (Å²) in [7, 11) is 0. The molecule has 0 aromatic heterocycles. The minimum Gasteiger partial charge on any atom is -0.294 e. The van der Waals surface area contributed by atoms with Crippen LogP contribution < -0.4 is 0 Å². The highest BCUT2D eigenvalue weighted by molar-refractivity contribution is 9.10. The lowest BCUT2D eigenvalue weighted by Gasteiger charge is -2.07. The first-order valence-corrected chi connectivity index (χ1v) is 6.50. The third kappa shape index (κ3) is 3.26. The molecule has 2 aromatic carbocycles. The molecule has 98 valence electrons. The van der Waals surface area contributed by atoms with E-state index >= 15 is 0 Å². The summed E-state index contributed by atoms with van der Waals surface area (Å²) in [6, 6.07) is 8.45. The number of benzene rings is 2. The quantitative estimate of drug-likeness (QED) is 0.762. The van der Waals surface area contributed by atoms with E-state index in [1.807, 2.05) is 0 Å². The summed E-state index contributed by atoms with van der Waals surface area (Å²) in [5.41, 5.74) is 1.40. The highest BCUT2D eigenvalue weighted by atomic mass is 79.9. The molecule has 0 aliphatic rings. The monoisotopic (exact) mass is 324 g/mol. The van der Waals surface area contributed by atoms with E-state index in [1.54, 1.807) is 13.0 Å². The Morgan fingerprint density at radius 3 is 2.63 bits per heavy atom. The number of rotatable bonds is 3. The number of ketones is 1. The molecule has 0 atom stereocenters. The second-order valence-electron chi connectivity index (χ2n) is 4.29. The van der Waals surface area contributed by atoms with Gasteiger partial charge in [-0.25, -0.2) is 8.78 Å². The maximum atomic E-state index is 13.6. The Labute approximate surface area is 118 Å². The molecule has 0 spiro atoms. The first-order chi connectivity index (χ1) is 8.97. The van der Waals surface area contributed by atoms with Gasteiger partial charge >= 0.3 is 0 Å². The van der Waals surface area contributed by atoms with E-state index in [2.05, 4.69) is 15.9 Å². The Bertz CT molecular complexity index is 638. The maximum absolute atomic E-state index is 13.6. The fourth-order valence-electron chi connectivity index (χ4n) is 1.81. The predicted octanol–water partition coefficient (Wildman–Crippen LogP) is 4.46. The molecular formula is C15H11BrF2O. The molecule has 0 unspecified atom stereocenters. The fourth-order valence-corrected chi connectivity index (χ4v) is 2.17. The Kier molecular flexibility index (Phi) is 4.10. The predicted molar refractivity (Wildman–Crippen MR) is 73.3 cm³/mol. The minimum absolute atomic E-state index is 0.0121. The van der Waals surface area contributed by atoms with Gasteiger partial charge in [-0.1, -0.05) is 22.0 Å². The van der Waals surface area contributed by atoms with Gasteiger partial charge in [0.2, 0.25) is 0 Å². The van der Waals surface area contributed by atoms with Gasteiger partial charge in [0.1, 0.15) is 11.6 Å². The van der Waals surface area contributed by atoms with Crippen LogP contribution in [0.4, 0.5) is 8.78 Å². The van der Waals surface area contributed by atoms with Crippen molar-refractivity contribution in [1.82, 2.24) is 0 Å². The zero-order valence-corrected chi connectivity index (χ0v) is 11.8. The van der Waals surface area contributed by atoms with Crippen LogP contribution in [0.2, 0.25) is 0 Å². The summed E-state index contributed by atoms with van der Waals surface area (Å²) in [5, 5.41) is 0. The molecule has 19 heavy (non-hydrogen) atoms. The molecule has 1 nitrogen and oxygen atoms in total. The highest BCUT2D eigenvalue weighted by Gasteiger charge is 2.14. The molecule has 0 bridgehead atoms. The second-order valence-corrected chi connectivity index (χ2v) is 5.21. The van der Waals surface area contributed by atoms with Crippen LogP contribution in [0.3, 0.4) is 0 Å². The van der Waals surface area contributed by atoms with Crippen LogP contribution >= 0.6 is 15.9 Å². The first-order valence-electron chi connectivity index (χ1n) is 5.70. The first kappa shape index (κ1) is 13.9. The van der Waals surface area contributed by atoms with E-state index in [9.17, 15) is 13.6 Å². The number of halogens is 3. The molecule has 0 saturated heterocycles. The zero-order valence-electron chi connectivity index (χ0n) is 10.2. The van der Waals surface area contributed by atoms with Gasteiger partial charge in [0.25, 0.3) is 0 Å². The molecular weight excluding hydrogens is 314 g/mol. The van der Waals surface area contributed by atoms with Gasteiger partial charge in [0.05, 0.1) is 5.56 Å². The van der Waals surface area contributed by atoms with E-state index < -0.39 is 11.6 Å². The van der Waals surface area contributed by atoms with Crippen LogP contribution in [0.15, 0.2) is 40.9 Å². The third-order valence-corrected chi connectivity index (χ3v) is 3.38. The second kappa shape index (κ2) is 5.61. The number of carbonyl (C=O) groups excluding carboxylic acids is 1. The Hall–Kier alpha value is -1.55. The molecule has 2 aromatic rings. The van der Waals surface area contributed by atoms with Gasteiger partial charge in [-0.15, -0.1) is 0 Å². The van der Waals surface area contributed by atoms with E-state index in [4.69, 9.17) is 0 Å². The molecule has 0 saturated carbocycles. The summed E-state index contributed by atoms with van der Waals surface area (Å²) in [5.74, 6) is -1.34. The van der Waals surface area contributed by atoms with Gasteiger partial charge < -0.3 is 0 Å². The normalized spacial score (nSPS) is 10.5. The molecule has 4 heteroatoms. The van der Waals surface area contributed by atoms with E-state index in [0.717, 1.165) is 5.56 Å². The van der Waals surface area contributed by atoms with Crippen molar-refractivity contribution in [3.8, 4) is 0 Å².